The predicted octanol–water partition coefficient (Wildman–Crippen LogP) is 3.29. The number of hydrogen-bond acceptors (Lipinski definition) is 5. The average molecular weight is 391 g/mol. The molecule has 1 aromatic carbocycles. The zero-order chi connectivity index (χ0) is 15.9. The zero-order valence-corrected chi connectivity index (χ0v) is 16.2. The zero-order valence-electron chi connectivity index (χ0n) is 13.8. The molecule has 0 saturated carbocycles. The number of nitrogens with one attached hydrogen (secondary N) is 1. The second-order valence-corrected chi connectivity index (χ2v) is 6.30. The summed E-state index contributed by atoms with van der Waals surface area (Å²) >= 11 is 1.61. The monoisotopic (exact) mass is 390 g/mol. The minimum Gasteiger partial charge on any atom is -0.327 e. The van der Waals surface area contributed by atoms with Crippen molar-refractivity contribution in [3.8, 4) is 0 Å². The number of thiazole rings is 1. The van der Waals surface area contributed by atoms with Crippen molar-refractivity contribution in [2.24, 2.45) is 5.73 Å². The van der Waals surface area contributed by atoms with Crippen molar-refractivity contribution in [3.63, 3.8) is 0 Å². The van der Waals surface area contributed by atoms with E-state index >= 15 is 0 Å². The lowest BCUT2D eigenvalue weighted by molar-refractivity contribution is -0.116. The molecule has 3 N–H and O–H groups in total. The van der Waals surface area contributed by atoms with Gasteiger partial charge in [-0.3, -0.25) is 9.69 Å². The molecule has 0 aliphatic heterocycles. The van der Waals surface area contributed by atoms with Gasteiger partial charge in [0.1, 0.15) is 0 Å². The molecule has 0 bridgehead atoms. The van der Waals surface area contributed by atoms with Crippen LogP contribution in [0.3, 0.4) is 0 Å². The van der Waals surface area contributed by atoms with E-state index in [4.69, 9.17) is 5.73 Å². The lowest BCUT2D eigenvalue weighted by atomic mass is 10.1. The van der Waals surface area contributed by atoms with Gasteiger partial charge in [-0.2, -0.15) is 0 Å². The third-order valence-electron chi connectivity index (χ3n) is 3.09. The minimum absolute atomic E-state index is 0. The van der Waals surface area contributed by atoms with Crippen LogP contribution in [-0.2, 0) is 17.9 Å². The number of anilines is 1. The third-order valence-corrected chi connectivity index (χ3v) is 3.72. The van der Waals surface area contributed by atoms with Crippen LogP contribution in [0.15, 0.2) is 35.2 Å². The maximum absolute atomic E-state index is 11.8. The van der Waals surface area contributed by atoms with Crippen LogP contribution in [0.1, 0.15) is 24.6 Å². The molecule has 2 aromatic rings. The Labute approximate surface area is 159 Å². The Morgan fingerprint density at radius 1 is 1.38 bits per heavy atom. The smallest absolute Gasteiger partial charge is 0.225 e. The fourth-order valence-corrected chi connectivity index (χ4v) is 2.76. The summed E-state index contributed by atoms with van der Waals surface area (Å²) in [5, 5.41) is 4.94. The number of nitrogens with two attached hydrogens (primary N) is 1. The van der Waals surface area contributed by atoms with Crippen LogP contribution in [0, 0.1) is 0 Å². The Bertz CT molecular complexity index is 608. The molecule has 1 heterocycles. The fourth-order valence-electron chi connectivity index (χ4n) is 2.21. The largest absolute Gasteiger partial charge is 0.327 e. The number of rotatable bonds is 7. The summed E-state index contributed by atoms with van der Waals surface area (Å²) < 4.78 is 0. The highest BCUT2D eigenvalue weighted by molar-refractivity contribution is 7.07. The van der Waals surface area contributed by atoms with E-state index in [1.165, 1.54) is 0 Å². The van der Waals surface area contributed by atoms with Crippen molar-refractivity contribution in [1.29, 1.82) is 0 Å². The number of amides is 1. The third kappa shape index (κ3) is 8.08. The lowest BCUT2D eigenvalue weighted by Crippen LogP contribution is -2.24. The van der Waals surface area contributed by atoms with Gasteiger partial charge in [0, 0.05) is 36.6 Å². The Balaban J connectivity index is 0.00000264. The van der Waals surface area contributed by atoms with E-state index in [1.807, 2.05) is 30.6 Å². The van der Waals surface area contributed by atoms with Crippen LogP contribution < -0.4 is 11.1 Å². The Kier molecular flexibility index (Phi) is 10.8. The van der Waals surface area contributed by atoms with E-state index in [0.29, 0.717) is 6.42 Å². The molecule has 1 aromatic heterocycles. The summed E-state index contributed by atoms with van der Waals surface area (Å²) in [6, 6.07) is 7.76. The van der Waals surface area contributed by atoms with E-state index in [9.17, 15) is 4.79 Å². The summed E-state index contributed by atoms with van der Waals surface area (Å²) in [5.74, 6) is -0.0528. The molecule has 0 aliphatic rings. The van der Waals surface area contributed by atoms with Crippen molar-refractivity contribution >= 4 is 47.7 Å². The second kappa shape index (κ2) is 11.4. The molecule has 0 aliphatic carbocycles. The first-order valence-electron chi connectivity index (χ1n) is 7.23. The van der Waals surface area contributed by atoms with Crippen molar-refractivity contribution < 1.29 is 4.79 Å². The van der Waals surface area contributed by atoms with E-state index in [2.05, 4.69) is 33.7 Å². The number of carbonyl (C=O) groups excluding carboxylic acids is 1. The Hall–Kier alpha value is -1.18. The molecular weight excluding hydrogens is 367 g/mol. The summed E-state index contributed by atoms with van der Waals surface area (Å²) in [5.41, 5.74) is 10.5. The van der Waals surface area contributed by atoms with Gasteiger partial charge in [-0.15, -0.1) is 36.2 Å². The van der Waals surface area contributed by atoms with Gasteiger partial charge in [-0.25, -0.2) is 4.98 Å². The molecule has 5 nitrogen and oxygen atoms in total. The van der Waals surface area contributed by atoms with Crippen LogP contribution in [0.4, 0.5) is 5.69 Å². The molecule has 134 valence electrons. The number of nitrogens with zero attached hydrogens (tertiary/aromatic N) is 2. The molecule has 1 atom stereocenters. The first kappa shape index (κ1) is 22.8. The summed E-state index contributed by atoms with van der Waals surface area (Å²) in [4.78, 5) is 18.2. The maximum Gasteiger partial charge on any atom is 0.225 e. The van der Waals surface area contributed by atoms with Gasteiger partial charge >= 0.3 is 0 Å². The average Bonchev–Trinajstić information content (AvgIpc) is 2.90. The number of aromatic nitrogens is 1. The van der Waals surface area contributed by atoms with Crippen molar-refractivity contribution in [2.45, 2.75) is 32.5 Å². The molecule has 1 amide bonds. The van der Waals surface area contributed by atoms with Gasteiger partial charge in [0.2, 0.25) is 5.91 Å². The molecule has 24 heavy (non-hydrogen) atoms. The normalized spacial score (nSPS) is 11.3. The number of carbonyl (C=O) groups is 1. The van der Waals surface area contributed by atoms with E-state index in [-0.39, 0.29) is 36.8 Å². The van der Waals surface area contributed by atoms with E-state index in [1.54, 1.807) is 11.3 Å². The first-order valence-corrected chi connectivity index (χ1v) is 8.17. The van der Waals surface area contributed by atoms with Crippen molar-refractivity contribution in [3.05, 3.63) is 46.4 Å². The second-order valence-electron chi connectivity index (χ2n) is 5.58. The predicted molar refractivity (Wildman–Crippen MR) is 105 cm³/mol. The molecular formula is C16H24Cl2N4OS. The summed E-state index contributed by atoms with van der Waals surface area (Å²) in [7, 11) is 2.06. The molecule has 8 heteroatoms. The molecule has 0 fully saturated rings. The molecule has 2 rings (SSSR count). The maximum atomic E-state index is 11.8. The number of benzene rings is 1. The quantitative estimate of drug-likeness (QED) is 0.760. The van der Waals surface area contributed by atoms with Gasteiger partial charge in [0.25, 0.3) is 0 Å². The van der Waals surface area contributed by atoms with Crippen LogP contribution in [-0.4, -0.2) is 28.9 Å². The van der Waals surface area contributed by atoms with Crippen molar-refractivity contribution in [2.75, 3.05) is 12.4 Å². The first-order chi connectivity index (χ1) is 10.5. The number of halogens is 2. The Morgan fingerprint density at radius 2 is 2.12 bits per heavy atom. The van der Waals surface area contributed by atoms with Gasteiger partial charge in [-0.05, 0) is 31.7 Å². The van der Waals surface area contributed by atoms with E-state index < -0.39 is 0 Å². The summed E-state index contributed by atoms with van der Waals surface area (Å²) in [6.45, 7) is 3.43. The highest BCUT2D eigenvalue weighted by Crippen LogP contribution is 2.14. The highest BCUT2D eigenvalue weighted by Gasteiger charge is 2.07. The van der Waals surface area contributed by atoms with Gasteiger partial charge in [0.05, 0.1) is 11.2 Å². The molecule has 0 saturated heterocycles. The Morgan fingerprint density at radius 3 is 2.75 bits per heavy atom. The molecule has 0 spiro atoms. The van der Waals surface area contributed by atoms with Gasteiger partial charge < -0.3 is 11.1 Å². The van der Waals surface area contributed by atoms with Crippen LogP contribution in [0.25, 0.3) is 0 Å². The van der Waals surface area contributed by atoms with Crippen LogP contribution in [0.2, 0.25) is 0 Å². The molecule has 1 unspecified atom stereocenters. The standard InChI is InChI=1S/C16H22N4OS.2ClH/c1-12(17)6-16(21)19-14-5-3-4-13(7-14)8-20(2)9-15-10-22-11-18-15;;/h3-5,7,10-12H,6,8-9,17H2,1-2H3,(H,19,21);2*1H. The topological polar surface area (TPSA) is 71.2 Å². The molecule has 0 radical (unpaired) electrons. The number of hydrogen-bond donors (Lipinski definition) is 2. The van der Waals surface area contributed by atoms with Gasteiger partial charge in [-0.1, -0.05) is 12.1 Å². The summed E-state index contributed by atoms with van der Waals surface area (Å²) in [6.07, 6.45) is 0.327. The lowest BCUT2D eigenvalue weighted by Gasteiger charge is -2.16. The van der Waals surface area contributed by atoms with Crippen molar-refractivity contribution in [1.82, 2.24) is 9.88 Å². The van der Waals surface area contributed by atoms with Crippen LogP contribution >= 0.6 is 36.2 Å². The minimum atomic E-state index is -0.132. The highest BCUT2D eigenvalue weighted by atomic mass is 35.5. The van der Waals surface area contributed by atoms with E-state index in [0.717, 1.165) is 30.0 Å². The van der Waals surface area contributed by atoms with Gasteiger partial charge in [0.15, 0.2) is 0 Å². The SMILES string of the molecule is CC(N)CC(=O)Nc1cccc(CN(C)Cc2cscn2)c1.Cl.Cl. The van der Waals surface area contributed by atoms with Crippen LogP contribution in [0.5, 0.6) is 0 Å². The fraction of sp³-hybridized carbons (Fsp3) is 0.375.